The lowest BCUT2D eigenvalue weighted by molar-refractivity contribution is -0.115. The van der Waals surface area contributed by atoms with Gasteiger partial charge in [-0.15, -0.1) is 0 Å². The van der Waals surface area contributed by atoms with Gasteiger partial charge in [0, 0.05) is 38.1 Å². The van der Waals surface area contributed by atoms with Crippen molar-refractivity contribution in [1.29, 1.82) is 0 Å². The Labute approximate surface area is 142 Å². The third-order valence-corrected chi connectivity index (χ3v) is 3.71. The van der Waals surface area contributed by atoms with E-state index in [1.54, 1.807) is 31.4 Å². The number of anilines is 1. The van der Waals surface area contributed by atoms with E-state index in [0.717, 1.165) is 19.4 Å². The van der Waals surface area contributed by atoms with E-state index in [9.17, 15) is 9.59 Å². The van der Waals surface area contributed by atoms with Gasteiger partial charge in [0.2, 0.25) is 5.91 Å². The minimum absolute atomic E-state index is 0.123. The van der Waals surface area contributed by atoms with Crippen LogP contribution in [0.1, 0.15) is 23.2 Å². The Kier molecular flexibility index (Phi) is 7.67. The Morgan fingerprint density at radius 2 is 2.08 bits per heavy atom. The molecule has 2 rings (SSSR count). The van der Waals surface area contributed by atoms with Gasteiger partial charge in [0.15, 0.2) is 0 Å². The molecule has 1 heterocycles. The molecule has 1 unspecified atom stereocenters. The van der Waals surface area contributed by atoms with Crippen molar-refractivity contribution < 1.29 is 19.1 Å². The van der Waals surface area contributed by atoms with Gasteiger partial charge < -0.3 is 25.4 Å². The average Bonchev–Trinajstić information content (AvgIpc) is 3.11. The first-order chi connectivity index (χ1) is 11.7. The quantitative estimate of drug-likeness (QED) is 0.580. The zero-order valence-electron chi connectivity index (χ0n) is 14.0. The average molecular weight is 335 g/mol. The molecule has 1 aliphatic rings. The fourth-order valence-electron chi connectivity index (χ4n) is 2.40. The maximum atomic E-state index is 12.1. The summed E-state index contributed by atoms with van der Waals surface area (Å²) in [7, 11) is 1.61. The minimum Gasteiger partial charge on any atom is -0.383 e. The predicted octanol–water partition coefficient (Wildman–Crippen LogP) is 0.770. The van der Waals surface area contributed by atoms with Gasteiger partial charge in [-0.2, -0.15) is 0 Å². The van der Waals surface area contributed by atoms with E-state index in [1.807, 2.05) is 0 Å². The Morgan fingerprint density at radius 1 is 1.29 bits per heavy atom. The van der Waals surface area contributed by atoms with Gasteiger partial charge in [-0.05, 0) is 37.1 Å². The molecule has 0 radical (unpaired) electrons. The van der Waals surface area contributed by atoms with Crippen LogP contribution in [0.4, 0.5) is 5.69 Å². The molecule has 7 heteroatoms. The largest absolute Gasteiger partial charge is 0.383 e. The monoisotopic (exact) mass is 335 g/mol. The number of methoxy groups -OCH3 is 1. The molecule has 7 nitrogen and oxygen atoms in total. The fourth-order valence-corrected chi connectivity index (χ4v) is 2.40. The van der Waals surface area contributed by atoms with E-state index < -0.39 is 0 Å². The number of hydrogen-bond donors (Lipinski definition) is 3. The molecule has 3 N–H and O–H groups in total. The molecule has 0 aliphatic carbocycles. The van der Waals surface area contributed by atoms with Crippen LogP contribution in [-0.2, 0) is 14.3 Å². The van der Waals surface area contributed by atoms with Crippen LogP contribution in [0, 0.1) is 0 Å². The van der Waals surface area contributed by atoms with E-state index in [2.05, 4.69) is 16.0 Å². The molecule has 132 valence electrons. The van der Waals surface area contributed by atoms with E-state index >= 15 is 0 Å². The van der Waals surface area contributed by atoms with Crippen molar-refractivity contribution in [2.24, 2.45) is 0 Å². The second kappa shape index (κ2) is 10.0. The second-order valence-corrected chi connectivity index (χ2v) is 5.64. The Bertz CT molecular complexity index is 527. The van der Waals surface area contributed by atoms with Crippen molar-refractivity contribution in [3.05, 3.63) is 29.8 Å². The van der Waals surface area contributed by atoms with Gasteiger partial charge >= 0.3 is 0 Å². The van der Waals surface area contributed by atoms with Gasteiger partial charge in [-0.25, -0.2) is 0 Å². The van der Waals surface area contributed by atoms with Crippen LogP contribution in [0.3, 0.4) is 0 Å². The molecule has 1 saturated heterocycles. The molecule has 1 atom stereocenters. The van der Waals surface area contributed by atoms with Crippen molar-refractivity contribution in [2.75, 3.05) is 45.3 Å². The summed E-state index contributed by atoms with van der Waals surface area (Å²) < 4.78 is 10.4. The summed E-state index contributed by atoms with van der Waals surface area (Å²) in [5.41, 5.74) is 1.22. The first-order valence-corrected chi connectivity index (χ1v) is 8.18. The van der Waals surface area contributed by atoms with Crippen molar-refractivity contribution in [3.63, 3.8) is 0 Å². The molecule has 1 aromatic rings. The number of ether oxygens (including phenoxy) is 2. The SMILES string of the molecule is COCCNCC(=O)Nc1ccc(C(=O)NCC2CCCO2)cc1. The zero-order chi connectivity index (χ0) is 17.2. The highest BCUT2D eigenvalue weighted by Crippen LogP contribution is 2.12. The lowest BCUT2D eigenvalue weighted by Gasteiger charge is -2.11. The van der Waals surface area contributed by atoms with Crippen LogP contribution in [0.25, 0.3) is 0 Å². The van der Waals surface area contributed by atoms with Crippen molar-refractivity contribution in [1.82, 2.24) is 10.6 Å². The van der Waals surface area contributed by atoms with Gasteiger partial charge in [-0.1, -0.05) is 0 Å². The summed E-state index contributed by atoms with van der Waals surface area (Å²) in [6.45, 7) is 2.70. The number of amides is 2. The van der Waals surface area contributed by atoms with Gasteiger partial charge in [-0.3, -0.25) is 9.59 Å². The zero-order valence-corrected chi connectivity index (χ0v) is 14.0. The van der Waals surface area contributed by atoms with Crippen molar-refractivity contribution in [3.8, 4) is 0 Å². The molecule has 0 saturated carbocycles. The van der Waals surface area contributed by atoms with Crippen LogP contribution in [0.2, 0.25) is 0 Å². The number of carbonyl (C=O) groups is 2. The second-order valence-electron chi connectivity index (χ2n) is 5.64. The van der Waals surface area contributed by atoms with Gasteiger partial charge in [0.25, 0.3) is 5.91 Å². The van der Waals surface area contributed by atoms with Crippen molar-refractivity contribution >= 4 is 17.5 Å². The van der Waals surface area contributed by atoms with Crippen LogP contribution in [0.15, 0.2) is 24.3 Å². The standard InChI is InChI=1S/C17H25N3O4/c1-23-10-8-18-12-16(21)20-14-6-4-13(5-7-14)17(22)19-11-15-3-2-9-24-15/h4-7,15,18H,2-3,8-12H2,1H3,(H,19,22)(H,20,21). The molecular formula is C17H25N3O4. The van der Waals surface area contributed by atoms with E-state index in [0.29, 0.717) is 30.9 Å². The fraction of sp³-hybridized carbons (Fsp3) is 0.529. The smallest absolute Gasteiger partial charge is 0.251 e. The summed E-state index contributed by atoms with van der Waals surface area (Å²) in [6, 6.07) is 6.82. The predicted molar refractivity (Wildman–Crippen MR) is 91.1 cm³/mol. The van der Waals surface area contributed by atoms with Crippen LogP contribution < -0.4 is 16.0 Å². The van der Waals surface area contributed by atoms with Crippen LogP contribution in [0.5, 0.6) is 0 Å². The molecule has 0 aromatic heterocycles. The highest BCUT2D eigenvalue weighted by molar-refractivity contribution is 5.96. The lowest BCUT2D eigenvalue weighted by atomic mass is 10.2. The van der Waals surface area contributed by atoms with Crippen LogP contribution in [-0.4, -0.2) is 57.9 Å². The first kappa shape index (κ1) is 18.4. The third-order valence-electron chi connectivity index (χ3n) is 3.71. The number of benzene rings is 1. The number of nitrogens with one attached hydrogen (secondary N) is 3. The normalized spacial score (nSPS) is 16.8. The van der Waals surface area contributed by atoms with Crippen LogP contribution >= 0.6 is 0 Å². The molecule has 1 aliphatic heterocycles. The maximum absolute atomic E-state index is 12.1. The third kappa shape index (κ3) is 6.27. The van der Waals surface area contributed by atoms with E-state index in [1.165, 1.54) is 0 Å². The Morgan fingerprint density at radius 3 is 2.75 bits per heavy atom. The molecule has 0 spiro atoms. The molecule has 1 aromatic carbocycles. The summed E-state index contributed by atoms with van der Waals surface area (Å²) in [6.07, 6.45) is 2.16. The van der Waals surface area contributed by atoms with Crippen molar-refractivity contribution in [2.45, 2.75) is 18.9 Å². The van der Waals surface area contributed by atoms with E-state index in [-0.39, 0.29) is 24.5 Å². The molecule has 0 bridgehead atoms. The number of hydrogen-bond acceptors (Lipinski definition) is 5. The maximum Gasteiger partial charge on any atom is 0.251 e. The highest BCUT2D eigenvalue weighted by Gasteiger charge is 2.16. The number of rotatable bonds is 9. The summed E-state index contributed by atoms with van der Waals surface area (Å²) >= 11 is 0. The van der Waals surface area contributed by atoms with Gasteiger partial charge in [0.05, 0.1) is 19.3 Å². The minimum atomic E-state index is -0.137. The topological polar surface area (TPSA) is 88.7 Å². The summed E-state index contributed by atoms with van der Waals surface area (Å²) in [5, 5.41) is 8.60. The molecule has 2 amide bonds. The summed E-state index contributed by atoms with van der Waals surface area (Å²) in [5.74, 6) is -0.272. The molecular weight excluding hydrogens is 310 g/mol. The summed E-state index contributed by atoms with van der Waals surface area (Å²) in [4.78, 5) is 23.8. The molecule has 24 heavy (non-hydrogen) atoms. The van der Waals surface area contributed by atoms with E-state index in [4.69, 9.17) is 9.47 Å². The number of carbonyl (C=O) groups excluding carboxylic acids is 2. The molecule has 1 fully saturated rings. The highest BCUT2D eigenvalue weighted by atomic mass is 16.5. The Hall–Kier alpha value is -1.96. The lowest BCUT2D eigenvalue weighted by Crippen LogP contribution is -2.31. The first-order valence-electron chi connectivity index (χ1n) is 8.18. The van der Waals surface area contributed by atoms with Gasteiger partial charge in [0.1, 0.15) is 0 Å². The Balaban J connectivity index is 1.73.